The highest BCUT2D eigenvalue weighted by molar-refractivity contribution is 7.07. The second-order valence-electron chi connectivity index (χ2n) is 3.37. The van der Waals surface area contributed by atoms with E-state index in [1.165, 1.54) is 5.56 Å². The third-order valence-corrected chi connectivity index (χ3v) is 2.92. The molecule has 14 heavy (non-hydrogen) atoms. The van der Waals surface area contributed by atoms with E-state index in [2.05, 4.69) is 0 Å². The summed E-state index contributed by atoms with van der Waals surface area (Å²) in [4.78, 5) is 0. The van der Waals surface area contributed by atoms with Crippen molar-refractivity contribution in [1.82, 2.24) is 0 Å². The molecule has 0 radical (unpaired) electrons. The van der Waals surface area contributed by atoms with E-state index in [1.54, 1.807) is 11.3 Å². The lowest BCUT2D eigenvalue weighted by Crippen LogP contribution is -1.97. The Kier molecular flexibility index (Phi) is 2.66. The Labute approximate surface area is 87.7 Å². The predicted molar refractivity (Wildman–Crippen MR) is 59.6 cm³/mol. The van der Waals surface area contributed by atoms with E-state index in [1.807, 2.05) is 48.0 Å². The van der Waals surface area contributed by atoms with Gasteiger partial charge in [0.1, 0.15) is 6.10 Å². The van der Waals surface area contributed by atoms with Crippen molar-refractivity contribution in [3.8, 4) is 0 Å². The zero-order valence-corrected chi connectivity index (χ0v) is 8.79. The van der Waals surface area contributed by atoms with Crippen molar-refractivity contribution >= 4 is 11.3 Å². The molecule has 1 atom stereocenters. The van der Waals surface area contributed by atoms with Crippen LogP contribution in [0.5, 0.6) is 0 Å². The summed E-state index contributed by atoms with van der Waals surface area (Å²) in [6, 6.07) is 9.93. The van der Waals surface area contributed by atoms with Crippen LogP contribution in [-0.2, 0) is 0 Å². The van der Waals surface area contributed by atoms with E-state index >= 15 is 0 Å². The molecule has 1 aromatic heterocycles. The molecule has 0 spiro atoms. The molecule has 1 aromatic carbocycles. The number of rotatable bonds is 2. The van der Waals surface area contributed by atoms with Gasteiger partial charge in [-0.25, -0.2) is 0 Å². The fraction of sp³-hybridized carbons (Fsp3) is 0.167. The lowest BCUT2D eigenvalue weighted by Gasteiger charge is -2.09. The minimum Gasteiger partial charge on any atom is -0.384 e. The molecular weight excluding hydrogens is 192 g/mol. The zero-order valence-electron chi connectivity index (χ0n) is 7.97. The molecule has 0 fully saturated rings. The summed E-state index contributed by atoms with van der Waals surface area (Å²) in [5.74, 6) is 0. The summed E-state index contributed by atoms with van der Waals surface area (Å²) in [5, 5.41) is 14.0. The Morgan fingerprint density at radius 3 is 2.71 bits per heavy atom. The van der Waals surface area contributed by atoms with Gasteiger partial charge in [0, 0.05) is 0 Å². The zero-order chi connectivity index (χ0) is 9.97. The molecule has 2 rings (SSSR count). The van der Waals surface area contributed by atoms with Gasteiger partial charge >= 0.3 is 0 Å². The van der Waals surface area contributed by atoms with Crippen LogP contribution in [0, 0.1) is 6.92 Å². The molecule has 0 saturated heterocycles. The predicted octanol–water partition coefficient (Wildman–Crippen LogP) is 3.14. The molecule has 1 nitrogen and oxygen atoms in total. The van der Waals surface area contributed by atoms with Crippen molar-refractivity contribution in [3.05, 3.63) is 57.8 Å². The molecule has 0 aliphatic rings. The van der Waals surface area contributed by atoms with Gasteiger partial charge in [0.2, 0.25) is 0 Å². The fourth-order valence-electron chi connectivity index (χ4n) is 1.46. The first kappa shape index (κ1) is 9.44. The van der Waals surface area contributed by atoms with E-state index in [9.17, 15) is 5.11 Å². The highest BCUT2D eigenvalue weighted by atomic mass is 32.1. The van der Waals surface area contributed by atoms with Gasteiger partial charge in [-0.1, -0.05) is 29.8 Å². The van der Waals surface area contributed by atoms with Gasteiger partial charge in [-0.05, 0) is 34.9 Å². The van der Waals surface area contributed by atoms with Crippen molar-refractivity contribution in [2.45, 2.75) is 13.0 Å². The van der Waals surface area contributed by atoms with Crippen LogP contribution in [0.1, 0.15) is 22.8 Å². The van der Waals surface area contributed by atoms with Gasteiger partial charge in [0.05, 0.1) is 0 Å². The van der Waals surface area contributed by atoms with Crippen LogP contribution in [0.4, 0.5) is 0 Å². The van der Waals surface area contributed by atoms with Gasteiger partial charge in [0.25, 0.3) is 0 Å². The maximum Gasteiger partial charge on any atom is 0.105 e. The second kappa shape index (κ2) is 3.95. The largest absolute Gasteiger partial charge is 0.384 e. The van der Waals surface area contributed by atoms with E-state index in [0.717, 1.165) is 11.1 Å². The monoisotopic (exact) mass is 204 g/mol. The standard InChI is InChI=1S/C12H12OS/c1-9-3-2-4-10(7-9)12(13)11-5-6-14-8-11/h2-8,12-13H,1H3. The Bertz CT molecular complexity index is 406. The number of aryl methyl sites for hydroxylation is 1. The smallest absolute Gasteiger partial charge is 0.105 e. The molecule has 0 saturated carbocycles. The number of aliphatic hydroxyl groups is 1. The molecule has 2 aromatic rings. The number of benzene rings is 1. The summed E-state index contributed by atoms with van der Waals surface area (Å²) >= 11 is 1.61. The maximum atomic E-state index is 10.0. The molecule has 1 heterocycles. The molecule has 2 heteroatoms. The molecular formula is C12H12OS. The van der Waals surface area contributed by atoms with Gasteiger partial charge < -0.3 is 5.11 Å². The average molecular weight is 204 g/mol. The van der Waals surface area contributed by atoms with Crippen LogP contribution < -0.4 is 0 Å². The topological polar surface area (TPSA) is 20.2 Å². The SMILES string of the molecule is Cc1cccc(C(O)c2ccsc2)c1. The minimum absolute atomic E-state index is 0.485. The summed E-state index contributed by atoms with van der Waals surface area (Å²) in [6.45, 7) is 2.03. The fourth-order valence-corrected chi connectivity index (χ4v) is 2.14. The molecule has 72 valence electrons. The molecule has 0 amide bonds. The van der Waals surface area contributed by atoms with Gasteiger partial charge in [-0.3, -0.25) is 0 Å². The second-order valence-corrected chi connectivity index (χ2v) is 4.15. The van der Waals surface area contributed by atoms with Crippen LogP contribution in [0.3, 0.4) is 0 Å². The third-order valence-electron chi connectivity index (χ3n) is 2.22. The quantitative estimate of drug-likeness (QED) is 0.796. The first-order valence-corrected chi connectivity index (χ1v) is 5.48. The Hall–Kier alpha value is -1.12. The molecule has 0 aliphatic carbocycles. The van der Waals surface area contributed by atoms with Crippen molar-refractivity contribution < 1.29 is 5.11 Å². The van der Waals surface area contributed by atoms with E-state index in [4.69, 9.17) is 0 Å². The van der Waals surface area contributed by atoms with E-state index in [0.29, 0.717) is 0 Å². The lowest BCUT2D eigenvalue weighted by atomic mass is 10.0. The third kappa shape index (κ3) is 1.86. The molecule has 1 N–H and O–H groups in total. The summed E-state index contributed by atoms with van der Waals surface area (Å²) in [5.41, 5.74) is 3.11. The average Bonchev–Trinajstić information content (AvgIpc) is 2.69. The van der Waals surface area contributed by atoms with Crippen molar-refractivity contribution in [1.29, 1.82) is 0 Å². The van der Waals surface area contributed by atoms with Gasteiger partial charge in [-0.2, -0.15) is 11.3 Å². The van der Waals surface area contributed by atoms with Crippen molar-refractivity contribution in [2.75, 3.05) is 0 Å². The summed E-state index contributed by atoms with van der Waals surface area (Å²) in [6.07, 6.45) is -0.485. The van der Waals surface area contributed by atoms with Crippen molar-refractivity contribution in [2.24, 2.45) is 0 Å². The van der Waals surface area contributed by atoms with Crippen LogP contribution in [0.25, 0.3) is 0 Å². The molecule has 0 bridgehead atoms. The number of thiophene rings is 1. The Balaban J connectivity index is 2.32. The van der Waals surface area contributed by atoms with Gasteiger partial charge in [-0.15, -0.1) is 0 Å². The number of aliphatic hydroxyl groups excluding tert-OH is 1. The summed E-state index contributed by atoms with van der Waals surface area (Å²) < 4.78 is 0. The number of hydrogen-bond acceptors (Lipinski definition) is 2. The minimum atomic E-state index is -0.485. The summed E-state index contributed by atoms with van der Waals surface area (Å²) in [7, 11) is 0. The number of hydrogen-bond donors (Lipinski definition) is 1. The van der Waals surface area contributed by atoms with E-state index < -0.39 is 6.10 Å². The normalized spacial score (nSPS) is 12.7. The molecule has 0 aliphatic heterocycles. The van der Waals surface area contributed by atoms with Crippen LogP contribution in [0.2, 0.25) is 0 Å². The van der Waals surface area contributed by atoms with Crippen molar-refractivity contribution in [3.63, 3.8) is 0 Å². The molecule has 1 unspecified atom stereocenters. The van der Waals surface area contributed by atoms with Crippen LogP contribution >= 0.6 is 11.3 Å². The first-order valence-electron chi connectivity index (χ1n) is 4.54. The highest BCUT2D eigenvalue weighted by Gasteiger charge is 2.09. The van der Waals surface area contributed by atoms with Crippen LogP contribution in [-0.4, -0.2) is 5.11 Å². The first-order chi connectivity index (χ1) is 6.77. The van der Waals surface area contributed by atoms with Gasteiger partial charge in [0.15, 0.2) is 0 Å². The maximum absolute atomic E-state index is 10.0. The van der Waals surface area contributed by atoms with E-state index in [-0.39, 0.29) is 0 Å². The van der Waals surface area contributed by atoms with Crippen LogP contribution in [0.15, 0.2) is 41.1 Å². The highest BCUT2D eigenvalue weighted by Crippen LogP contribution is 2.24. The Morgan fingerprint density at radius 1 is 1.21 bits per heavy atom. The lowest BCUT2D eigenvalue weighted by molar-refractivity contribution is 0.221. The Morgan fingerprint density at radius 2 is 2.07 bits per heavy atom.